The molecule has 5 nitrogen and oxygen atoms in total. The van der Waals surface area contributed by atoms with Crippen LogP contribution in [0, 0.1) is 0 Å². The van der Waals surface area contributed by atoms with Crippen LogP contribution in [0.25, 0.3) is 10.9 Å². The quantitative estimate of drug-likeness (QED) is 0.775. The van der Waals surface area contributed by atoms with Gasteiger partial charge in [-0.15, -0.1) is 0 Å². The number of hydrogen-bond acceptors (Lipinski definition) is 3. The second-order valence-corrected chi connectivity index (χ2v) is 6.04. The van der Waals surface area contributed by atoms with Crippen LogP contribution in [-0.4, -0.2) is 46.1 Å². The molecule has 1 heterocycles. The van der Waals surface area contributed by atoms with Gasteiger partial charge in [0.15, 0.2) is 0 Å². The highest BCUT2D eigenvalue weighted by molar-refractivity contribution is 5.86. The number of amides is 1. The number of aromatic nitrogens is 1. The molecule has 0 aliphatic rings. The SMILES string of the molecule is CN(C(=O)[C@@H](N)Cc1c[nH]c2ccccc12)C(C)(C)CO. The van der Waals surface area contributed by atoms with Crippen LogP contribution in [0.5, 0.6) is 0 Å². The highest BCUT2D eigenvalue weighted by atomic mass is 16.3. The molecule has 1 amide bonds. The summed E-state index contributed by atoms with van der Waals surface area (Å²) in [7, 11) is 1.67. The van der Waals surface area contributed by atoms with Crippen molar-refractivity contribution in [2.75, 3.05) is 13.7 Å². The van der Waals surface area contributed by atoms with Gasteiger partial charge in [-0.3, -0.25) is 4.79 Å². The molecule has 1 aromatic heterocycles. The number of para-hydroxylation sites is 1. The van der Waals surface area contributed by atoms with E-state index in [9.17, 15) is 9.90 Å². The van der Waals surface area contributed by atoms with Crippen LogP contribution < -0.4 is 5.73 Å². The molecule has 114 valence electrons. The zero-order chi connectivity index (χ0) is 15.6. The van der Waals surface area contributed by atoms with Crippen molar-refractivity contribution in [3.05, 3.63) is 36.0 Å². The summed E-state index contributed by atoms with van der Waals surface area (Å²) in [5.74, 6) is -0.167. The summed E-state index contributed by atoms with van der Waals surface area (Å²) in [5.41, 5.74) is 7.52. The fraction of sp³-hybridized carbons (Fsp3) is 0.438. The molecular formula is C16H23N3O2. The van der Waals surface area contributed by atoms with Gasteiger partial charge in [0, 0.05) is 24.1 Å². The summed E-state index contributed by atoms with van der Waals surface area (Å²) in [4.78, 5) is 17.1. The molecule has 0 spiro atoms. The number of rotatable bonds is 5. The number of aliphatic hydroxyl groups is 1. The molecule has 0 saturated heterocycles. The van der Waals surface area contributed by atoms with E-state index in [1.54, 1.807) is 7.05 Å². The molecule has 0 aliphatic heterocycles. The number of aromatic amines is 1. The van der Waals surface area contributed by atoms with E-state index >= 15 is 0 Å². The lowest BCUT2D eigenvalue weighted by molar-refractivity contribution is -0.137. The van der Waals surface area contributed by atoms with Crippen LogP contribution in [0.3, 0.4) is 0 Å². The predicted molar refractivity (Wildman–Crippen MR) is 83.9 cm³/mol. The van der Waals surface area contributed by atoms with Crippen molar-refractivity contribution in [2.24, 2.45) is 5.73 Å². The second kappa shape index (κ2) is 5.87. The van der Waals surface area contributed by atoms with Crippen LogP contribution in [0.1, 0.15) is 19.4 Å². The van der Waals surface area contributed by atoms with Gasteiger partial charge in [-0.2, -0.15) is 0 Å². The third-order valence-electron chi connectivity index (χ3n) is 4.06. The molecule has 2 rings (SSSR count). The Kier molecular flexibility index (Phi) is 4.34. The number of carbonyl (C=O) groups is 1. The lowest BCUT2D eigenvalue weighted by atomic mass is 10.0. The minimum atomic E-state index is -0.625. The Labute approximate surface area is 124 Å². The molecular weight excluding hydrogens is 266 g/mol. The first-order valence-electron chi connectivity index (χ1n) is 7.06. The summed E-state index contributed by atoms with van der Waals surface area (Å²) < 4.78 is 0. The molecule has 0 saturated carbocycles. The Morgan fingerprint density at radius 3 is 2.76 bits per heavy atom. The van der Waals surface area contributed by atoms with E-state index < -0.39 is 11.6 Å². The van der Waals surface area contributed by atoms with Gasteiger partial charge in [0.05, 0.1) is 18.2 Å². The highest BCUT2D eigenvalue weighted by Crippen LogP contribution is 2.20. The summed E-state index contributed by atoms with van der Waals surface area (Å²) >= 11 is 0. The average molecular weight is 289 g/mol. The summed E-state index contributed by atoms with van der Waals surface area (Å²) in [6, 6.07) is 7.31. The van der Waals surface area contributed by atoms with E-state index in [1.165, 1.54) is 4.90 Å². The number of nitrogens with one attached hydrogen (secondary N) is 1. The summed E-state index contributed by atoms with van der Waals surface area (Å²) in [6.45, 7) is 3.52. The van der Waals surface area contributed by atoms with Crippen LogP contribution in [0.4, 0.5) is 0 Å². The molecule has 21 heavy (non-hydrogen) atoms. The van der Waals surface area contributed by atoms with Crippen molar-refractivity contribution in [3.63, 3.8) is 0 Å². The smallest absolute Gasteiger partial charge is 0.240 e. The van der Waals surface area contributed by atoms with Crippen molar-refractivity contribution in [3.8, 4) is 0 Å². The van der Waals surface area contributed by atoms with Crippen LogP contribution >= 0.6 is 0 Å². The first-order valence-corrected chi connectivity index (χ1v) is 7.06. The Morgan fingerprint density at radius 2 is 2.10 bits per heavy atom. The number of nitrogens with zero attached hydrogens (tertiary/aromatic N) is 1. The molecule has 4 N–H and O–H groups in total. The predicted octanol–water partition coefficient (Wildman–Crippen LogP) is 1.27. The van der Waals surface area contributed by atoms with E-state index in [2.05, 4.69) is 4.98 Å². The Balaban J connectivity index is 2.14. The van der Waals surface area contributed by atoms with Crippen molar-refractivity contribution in [2.45, 2.75) is 31.8 Å². The van der Waals surface area contributed by atoms with Crippen LogP contribution in [0.15, 0.2) is 30.5 Å². The number of benzene rings is 1. The molecule has 1 atom stereocenters. The van der Waals surface area contributed by atoms with E-state index in [-0.39, 0.29) is 12.5 Å². The lowest BCUT2D eigenvalue weighted by Crippen LogP contribution is -2.53. The van der Waals surface area contributed by atoms with Crippen molar-refractivity contribution in [1.29, 1.82) is 0 Å². The maximum atomic E-state index is 12.4. The summed E-state index contributed by atoms with van der Waals surface area (Å²) in [5, 5.41) is 10.4. The standard InChI is InChI=1S/C16H23N3O2/c1-16(2,10-20)19(3)15(21)13(17)8-11-9-18-14-7-5-4-6-12(11)14/h4-7,9,13,18,20H,8,10,17H2,1-3H3/t13-/m0/s1. The number of aliphatic hydroxyl groups excluding tert-OH is 1. The first-order chi connectivity index (χ1) is 9.86. The van der Waals surface area contributed by atoms with Gasteiger partial charge in [-0.1, -0.05) is 18.2 Å². The first kappa shape index (κ1) is 15.5. The maximum absolute atomic E-state index is 12.4. The lowest BCUT2D eigenvalue weighted by Gasteiger charge is -2.35. The van der Waals surface area contributed by atoms with Gasteiger partial charge in [-0.05, 0) is 31.9 Å². The van der Waals surface area contributed by atoms with E-state index in [4.69, 9.17) is 5.73 Å². The average Bonchev–Trinajstić information content (AvgIpc) is 2.89. The fourth-order valence-electron chi connectivity index (χ4n) is 2.28. The number of fused-ring (bicyclic) bond motifs is 1. The largest absolute Gasteiger partial charge is 0.394 e. The van der Waals surface area contributed by atoms with Gasteiger partial charge in [0.2, 0.25) is 5.91 Å². The van der Waals surface area contributed by atoms with Crippen LogP contribution in [0.2, 0.25) is 0 Å². The fourth-order valence-corrected chi connectivity index (χ4v) is 2.28. The molecule has 0 unspecified atom stereocenters. The molecule has 0 fully saturated rings. The summed E-state index contributed by atoms with van der Waals surface area (Å²) in [6.07, 6.45) is 2.36. The maximum Gasteiger partial charge on any atom is 0.240 e. The zero-order valence-electron chi connectivity index (χ0n) is 12.8. The molecule has 1 aromatic carbocycles. The van der Waals surface area contributed by atoms with Gasteiger partial charge in [-0.25, -0.2) is 0 Å². The van der Waals surface area contributed by atoms with Gasteiger partial charge >= 0.3 is 0 Å². The molecule has 2 aromatic rings. The number of carbonyl (C=O) groups excluding carboxylic acids is 1. The van der Waals surface area contributed by atoms with E-state index in [0.29, 0.717) is 6.42 Å². The van der Waals surface area contributed by atoms with Crippen molar-refractivity contribution < 1.29 is 9.90 Å². The normalized spacial score (nSPS) is 13.4. The zero-order valence-corrected chi connectivity index (χ0v) is 12.8. The number of hydrogen-bond donors (Lipinski definition) is 3. The van der Waals surface area contributed by atoms with Gasteiger partial charge < -0.3 is 20.7 Å². The monoisotopic (exact) mass is 289 g/mol. The Bertz CT molecular complexity index is 633. The van der Waals surface area contributed by atoms with E-state index in [0.717, 1.165) is 16.5 Å². The molecule has 0 bridgehead atoms. The number of likely N-dealkylation sites (N-methyl/N-ethyl adjacent to an activating group) is 1. The topological polar surface area (TPSA) is 82.3 Å². The minimum Gasteiger partial charge on any atom is -0.394 e. The second-order valence-electron chi connectivity index (χ2n) is 6.04. The van der Waals surface area contributed by atoms with E-state index in [1.807, 2.05) is 44.3 Å². The third-order valence-corrected chi connectivity index (χ3v) is 4.06. The highest BCUT2D eigenvalue weighted by Gasteiger charge is 2.30. The molecule has 0 aliphatic carbocycles. The van der Waals surface area contributed by atoms with Gasteiger partial charge in [0.1, 0.15) is 0 Å². The van der Waals surface area contributed by atoms with Crippen molar-refractivity contribution in [1.82, 2.24) is 9.88 Å². The molecule has 5 heteroatoms. The van der Waals surface area contributed by atoms with Gasteiger partial charge in [0.25, 0.3) is 0 Å². The minimum absolute atomic E-state index is 0.102. The third kappa shape index (κ3) is 3.09. The van der Waals surface area contributed by atoms with Crippen molar-refractivity contribution >= 4 is 16.8 Å². The number of nitrogens with two attached hydrogens (primary N) is 1. The molecule has 0 radical (unpaired) electrons. The van der Waals surface area contributed by atoms with Crippen LogP contribution in [-0.2, 0) is 11.2 Å². The number of H-pyrrole nitrogens is 1. The Morgan fingerprint density at radius 1 is 1.43 bits per heavy atom. The Hall–Kier alpha value is -1.85.